The molecule has 0 aliphatic carbocycles. The van der Waals surface area contributed by atoms with Crippen molar-refractivity contribution >= 4 is 43.2 Å². The van der Waals surface area contributed by atoms with E-state index < -0.39 is 0 Å². The first kappa shape index (κ1) is 14.1. The van der Waals surface area contributed by atoms with Gasteiger partial charge in [0, 0.05) is 22.5 Å². The van der Waals surface area contributed by atoms with Gasteiger partial charge in [-0.2, -0.15) is 5.26 Å². The Kier molecular flexibility index (Phi) is 4.62. The summed E-state index contributed by atoms with van der Waals surface area (Å²) in [4.78, 5) is 2.06. The van der Waals surface area contributed by atoms with Gasteiger partial charge in [-0.05, 0) is 51.8 Å². The van der Waals surface area contributed by atoms with Crippen LogP contribution in [0.2, 0.25) is 0 Å². The molecular weight excluding hydrogens is 368 g/mol. The number of hydrogen-bond acceptors (Lipinski definition) is 2. The van der Waals surface area contributed by atoms with E-state index in [2.05, 4.69) is 61.0 Å². The molecule has 0 N–H and O–H groups in total. The summed E-state index contributed by atoms with van der Waals surface area (Å²) in [5, 5.41) is 9.79. The highest BCUT2D eigenvalue weighted by molar-refractivity contribution is 9.10. The first-order valence-electron chi connectivity index (χ1n) is 5.74. The lowest BCUT2D eigenvalue weighted by Gasteiger charge is -2.21. The summed E-state index contributed by atoms with van der Waals surface area (Å²) in [7, 11) is 1.99. The van der Waals surface area contributed by atoms with E-state index in [0.717, 1.165) is 21.2 Å². The third-order valence-corrected chi connectivity index (χ3v) is 4.17. The molecule has 0 atom stereocenters. The minimum atomic E-state index is 0.664. The molecule has 4 heteroatoms. The van der Waals surface area contributed by atoms with Crippen molar-refractivity contribution in [3.05, 3.63) is 58.1 Å². The lowest BCUT2D eigenvalue weighted by Crippen LogP contribution is -2.10. The van der Waals surface area contributed by atoms with Gasteiger partial charge < -0.3 is 4.90 Å². The minimum Gasteiger partial charge on any atom is -0.344 e. The van der Waals surface area contributed by atoms with Crippen LogP contribution in [0.1, 0.15) is 11.1 Å². The molecule has 2 aromatic rings. The van der Waals surface area contributed by atoms with Gasteiger partial charge in [0.05, 0.1) is 17.3 Å². The van der Waals surface area contributed by atoms with Gasteiger partial charge in [0.1, 0.15) is 0 Å². The van der Waals surface area contributed by atoms with Gasteiger partial charge in [-0.25, -0.2) is 0 Å². The fourth-order valence-corrected chi connectivity index (χ4v) is 2.87. The van der Waals surface area contributed by atoms with Crippen LogP contribution in [-0.2, 0) is 5.33 Å². The molecule has 0 aliphatic heterocycles. The van der Waals surface area contributed by atoms with E-state index in [-0.39, 0.29) is 0 Å². The van der Waals surface area contributed by atoms with Gasteiger partial charge in [-0.1, -0.05) is 28.1 Å². The Hall–Kier alpha value is -1.31. The van der Waals surface area contributed by atoms with Crippen LogP contribution in [0.25, 0.3) is 0 Å². The Morgan fingerprint density at radius 2 is 2.00 bits per heavy atom. The molecule has 0 heterocycles. The summed E-state index contributed by atoms with van der Waals surface area (Å²) in [6.07, 6.45) is 0. The maximum atomic E-state index is 8.95. The average molecular weight is 380 g/mol. The lowest BCUT2D eigenvalue weighted by molar-refractivity contribution is 1.19. The van der Waals surface area contributed by atoms with Crippen molar-refractivity contribution in [2.75, 3.05) is 11.9 Å². The van der Waals surface area contributed by atoms with E-state index in [0.29, 0.717) is 5.56 Å². The second-order valence-electron chi connectivity index (χ2n) is 4.14. The normalized spacial score (nSPS) is 10.0. The minimum absolute atomic E-state index is 0.664. The van der Waals surface area contributed by atoms with Crippen molar-refractivity contribution < 1.29 is 0 Å². The molecule has 0 aromatic heterocycles. The number of benzene rings is 2. The van der Waals surface area contributed by atoms with Crippen LogP contribution in [-0.4, -0.2) is 7.05 Å². The topological polar surface area (TPSA) is 27.0 Å². The molecule has 2 nitrogen and oxygen atoms in total. The van der Waals surface area contributed by atoms with Gasteiger partial charge in [0.2, 0.25) is 0 Å². The second-order valence-corrected chi connectivity index (χ2v) is 5.56. The molecular formula is C15H12Br2N2. The third kappa shape index (κ3) is 3.17. The SMILES string of the molecule is CN(c1cccc(C#N)c1)c1ccc(CBr)cc1Br. The molecule has 0 saturated heterocycles. The summed E-state index contributed by atoms with van der Waals surface area (Å²) < 4.78 is 1.04. The zero-order chi connectivity index (χ0) is 13.8. The Morgan fingerprint density at radius 1 is 1.21 bits per heavy atom. The quantitative estimate of drug-likeness (QED) is 0.703. The number of rotatable bonds is 3. The standard InChI is InChI=1S/C15H12Br2N2/c1-19(13-4-2-3-12(7-13)10-18)15-6-5-11(9-16)8-14(15)17/h2-8H,9H2,1H3. The molecule has 2 aromatic carbocycles. The predicted octanol–water partition coefficient (Wildman–Crippen LogP) is 4.98. The summed E-state index contributed by atoms with van der Waals surface area (Å²) >= 11 is 7.04. The average Bonchev–Trinajstić information content (AvgIpc) is 2.46. The first-order chi connectivity index (χ1) is 9.15. The third-order valence-electron chi connectivity index (χ3n) is 2.89. The van der Waals surface area contributed by atoms with E-state index in [1.54, 1.807) is 6.07 Å². The summed E-state index contributed by atoms with van der Waals surface area (Å²) in [6, 6.07) is 16.0. The van der Waals surface area contributed by atoms with E-state index >= 15 is 0 Å². The van der Waals surface area contributed by atoms with Crippen molar-refractivity contribution in [3.8, 4) is 6.07 Å². The van der Waals surface area contributed by atoms with Crippen LogP contribution in [0.4, 0.5) is 11.4 Å². The van der Waals surface area contributed by atoms with Gasteiger partial charge in [-0.15, -0.1) is 0 Å². The van der Waals surface area contributed by atoms with Crippen LogP contribution in [0.3, 0.4) is 0 Å². The van der Waals surface area contributed by atoms with E-state index in [1.807, 2.05) is 25.2 Å². The fraction of sp³-hybridized carbons (Fsp3) is 0.133. The van der Waals surface area contributed by atoms with E-state index in [1.165, 1.54) is 5.56 Å². The molecule has 0 saturated carbocycles. The molecule has 0 spiro atoms. The van der Waals surface area contributed by atoms with Crippen LogP contribution in [0.15, 0.2) is 46.9 Å². The number of alkyl halides is 1. The molecule has 0 bridgehead atoms. The van der Waals surface area contributed by atoms with Crippen molar-refractivity contribution in [1.29, 1.82) is 5.26 Å². The highest BCUT2D eigenvalue weighted by Crippen LogP contribution is 2.32. The van der Waals surface area contributed by atoms with Crippen LogP contribution in [0.5, 0.6) is 0 Å². The fourth-order valence-electron chi connectivity index (χ4n) is 1.83. The van der Waals surface area contributed by atoms with Gasteiger partial charge >= 0.3 is 0 Å². The lowest BCUT2D eigenvalue weighted by atomic mass is 10.1. The molecule has 0 amide bonds. The Labute approximate surface area is 129 Å². The van der Waals surface area contributed by atoms with Crippen LogP contribution in [0, 0.1) is 11.3 Å². The van der Waals surface area contributed by atoms with E-state index in [4.69, 9.17) is 5.26 Å². The van der Waals surface area contributed by atoms with Crippen LogP contribution < -0.4 is 4.90 Å². The largest absolute Gasteiger partial charge is 0.344 e. The Balaban J connectivity index is 2.38. The first-order valence-corrected chi connectivity index (χ1v) is 7.65. The Bertz CT molecular complexity index is 632. The van der Waals surface area contributed by atoms with Crippen molar-refractivity contribution in [3.63, 3.8) is 0 Å². The van der Waals surface area contributed by atoms with Gasteiger partial charge in [-0.3, -0.25) is 0 Å². The highest BCUT2D eigenvalue weighted by Gasteiger charge is 2.09. The predicted molar refractivity (Wildman–Crippen MR) is 86.0 cm³/mol. The van der Waals surface area contributed by atoms with Gasteiger partial charge in [0.15, 0.2) is 0 Å². The molecule has 0 radical (unpaired) electrons. The summed E-state index contributed by atoms with van der Waals surface area (Å²) in [6.45, 7) is 0. The Morgan fingerprint density at radius 3 is 2.63 bits per heavy atom. The van der Waals surface area contributed by atoms with Crippen molar-refractivity contribution in [2.24, 2.45) is 0 Å². The van der Waals surface area contributed by atoms with E-state index in [9.17, 15) is 0 Å². The zero-order valence-corrected chi connectivity index (χ0v) is 13.6. The molecule has 0 unspecified atom stereocenters. The number of nitriles is 1. The number of nitrogens with zero attached hydrogens (tertiary/aromatic N) is 2. The maximum absolute atomic E-state index is 8.95. The molecule has 2 rings (SSSR count). The highest BCUT2D eigenvalue weighted by atomic mass is 79.9. The van der Waals surface area contributed by atoms with Crippen molar-refractivity contribution in [1.82, 2.24) is 0 Å². The summed E-state index contributed by atoms with van der Waals surface area (Å²) in [5.41, 5.74) is 3.94. The smallest absolute Gasteiger partial charge is 0.0992 e. The molecule has 0 aliphatic rings. The molecule has 96 valence electrons. The number of anilines is 2. The molecule has 0 fully saturated rings. The van der Waals surface area contributed by atoms with Crippen LogP contribution >= 0.6 is 31.9 Å². The van der Waals surface area contributed by atoms with Crippen molar-refractivity contribution in [2.45, 2.75) is 5.33 Å². The molecule has 19 heavy (non-hydrogen) atoms. The summed E-state index contributed by atoms with van der Waals surface area (Å²) in [5.74, 6) is 0. The maximum Gasteiger partial charge on any atom is 0.0992 e. The second kappa shape index (κ2) is 6.23. The number of hydrogen-bond donors (Lipinski definition) is 0. The number of halogens is 2. The van der Waals surface area contributed by atoms with Gasteiger partial charge in [0.25, 0.3) is 0 Å². The zero-order valence-electron chi connectivity index (χ0n) is 10.4. The monoisotopic (exact) mass is 378 g/mol.